The van der Waals surface area contributed by atoms with Crippen molar-refractivity contribution in [1.82, 2.24) is 4.31 Å². The van der Waals surface area contributed by atoms with Crippen molar-refractivity contribution in [2.24, 2.45) is 0 Å². The molecule has 0 unspecified atom stereocenters. The number of sulfonamides is 1. The van der Waals surface area contributed by atoms with Crippen molar-refractivity contribution in [1.29, 1.82) is 0 Å². The van der Waals surface area contributed by atoms with E-state index < -0.39 is 10.0 Å². The molecule has 0 atom stereocenters. The van der Waals surface area contributed by atoms with Crippen LogP contribution in [0.1, 0.15) is 11.1 Å². The van der Waals surface area contributed by atoms with Gasteiger partial charge in [0.2, 0.25) is 10.0 Å². The third-order valence-electron chi connectivity index (χ3n) is 2.27. The fraction of sp³-hybridized carbons (Fsp3) is 0.400. The number of rotatable bonds is 3. The Morgan fingerprint density at radius 1 is 1.33 bits per heavy atom. The molecule has 0 bridgehead atoms. The molecule has 15 heavy (non-hydrogen) atoms. The summed E-state index contributed by atoms with van der Waals surface area (Å²) in [6.07, 6.45) is 0. The molecule has 4 nitrogen and oxygen atoms in total. The van der Waals surface area contributed by atoms with Crippen LogP contribution >= 0.6 is 0 Å². The van der Waals surface area contributed by atoms with E-state index in [0.717, 1.165) is 9.87 Å². The molecular weight excluding hydrogens is 214 g/mol. The van der Waals surface area contributed by atoms with Crippen molar-refractivity contribution < 1.29 is 13.5 Å². The van der Waals surface area contributed by atoms with Crippen LogP contribution in [-0.2, 0) is 16.6 Å². The van der Waals surface area contributed by atoms with Gasteiger partial charge in [-0.25, -0.2) is 12.7 Å². The minimum atomic E-state index is -3.40. The number of benzene rings is 1. The van der Waals surface area contributed by atoms with E-state index in [-0.39, 0.29) is 11.5 Å². The lowest BCUT2D eigenvalue weighted by molar-refractivity contribution is 0.280. The highest BCUT2D eigenvalue weighted by Crippen LogP contribution is 2.17. The molecule has 0 aliphatic carbocycles. The molecule has 1 N–H and O–H groups in total. The number of nitrogens with zero attached hydrogens (tertiary/aromatic N) is 1. The predicted molar refractivity (Wildman–Crippen MR) is 58.0 cm³/mol. The van der Waals surface area contributed by atoms with Crippen LogP contribution in [0.2, 0.25) is 0 Å². The van der Waals surface area contributed by atoms with E-state index in [1.807, 2.05) is 6.92 Å². The molecule has 1 aromatic carbocycles. The Morgan fingerprint density at radius 3 is 2.40 bits per heavy atom. The van der Waals surface area contributed by atoms with Gasteiger partial charge in [0.25, 0.3) is 0 Å². The molecule has 0 fully saturated rings. The zero-order chi connectivity index (χ0) is 11.6. The quantitative estimate of drug-likeness (QED) is 0.831. The molecule has 5 heteroatoms. The van der Waals surface area contributed by atoms with Gasteiger partial charge in [-0.3, -0.25) is 0 Å². The first-order valence-electron chi connectivity index (χ1n) is 4.52. The lowest BCUT2D eigenvalue weighted by Gasteiger charge is -2.12. The third kappa shape index (κ3) is 2.37. The lowest BCUT2D eigenvalue weighted by Crippen LogP contribution is -2.22. The fourth-order valence-electron chi connectivity index (χ4n) is 1.19. The molecule has 0 spiro atoms. The van der Waals surface area contributed by atoms with Gasteiger partial charge in [-0.15, -0.1) is 0 Å². The predicted octanol–water partition coefficient (Wildman–Crippen LogP) is 0.738. The number of aliphatic hydroxyl groups is 1. The Hall–Kier alpha value is -0.910. The number of hydrogen-bond acceptors (Lipinski definition) is 3. The summed E-state index contributed by atoms with van der Waals surface area (Å²) in [6, 6.07) is 4.75. The highest BCUT2D eigenvalue weighted by Gasteiger charge is 2.17. The fourth-order valence-corrected chi connectivity index (χ4v) is 2.14. The third-order valence-corrected chi connectivity index (χ3v) is 4.08. The molecule has 0 saturated carbocycles. The lowest BCUT2D eigenvalue weighted by atomic mass is 10.1. The maximum absolute atomic E-state index is 11.8. The van der Waals surface area contributed by atoms with Crippen molar-refractivity contribution in [2.45, 2.75) is 18.4 Å². The maximum atomic E-state index is 11.8. The molecule has 0 amide bonds. The molecule has 1 aromatic rings. The Kier molecular flexibility index (Phi) is 3.49. The summed E-state index contributed by atoms with van der Waals surface area (Å²) in [7, 11) is -0.444. The molecule has 0 radical (unpaired) electrons. The van der Waals surface area contributed by atoms with Crippen LogP contribution in [0, 0.1) is 6.92 Å². The van der Waals surface area contributed by atoms with E-state index in [1.54, 1.807) is 12.1 Å². The van der Waals surface area contributed by atoms with Crippen LogP contribution in [0.5, 0.6) is 0 Å². The van der Waals surface area contributed by atoms with Gasteiger partial charge in [0.1, 0.15) is 0 Å². The topological polar surface area (TPSA) is 57.6 Å². The zero-order valence-corrected chi connectivity index (χ0v) is 9.87. The Labute approximate surface area is 90.2 Å². The molecule has 0 aliphatic heterocycles. The van der Waals surface area contributed by atoms with Gasteiger partial charge in [0.15, 0.2) is 0 Å². The zero-order valence-electron chi connectivity index (χ0n) is 9.06. The Bertz CT molecular complexity index is 452. The van der Waals surface area contributed by atoms with Crippen LogP contribution in [0.3, 0.4) is 0 Å². The summed E-state index contributed by atoms with van der Waals surface area (Å²) in [5.41, 5.74) is 1.52. The van der Waals surface area contributed by atoms with Crippen molar-refractivity contribution >= 4 is 10.0 Å². The molecule has 0 aliphatic rings. The van der Waals surface area contributed by atoms with E-state index in [9.17, 15) is 8.42 Å². The van der Waals surface area contributed by atoms with Crippen molar-refractivity contribution in [3.8, 4) is 0 Å². The molecule has 0 saturated heterocycles. The summed E-state index contributed by atoms with van der Waals surface area (Å²) in [5.74, 6) is 0. The molecular formula is C10H15NO3S. The first-order chi connectivity index (χ1) is 6.89. The average Bonchev–Trinajstić information content (AvgIpc) is 2.18. The summed E-state index contributed by atoms with van der Waals surface area (Å²) < 4.78 is 24.7. The van der Waals surface area contributed by atoms with Gasteiger partial charge in [-0.2, -0.15) is 0 Å². The highest BCUT2D eigenvalue weighted by molar-refractivity contribution is 7.89. The van der Waals surface area contributed by atoms with Gasteiger partial charge in [-0.1, -0.05) is 6.07 Å². The molecule has 1 rings (SSSR count). The van der Waals surface area contributed by atoms with Crippen LogP contribution in [0.25, 0.3) is 0 Å². The number of aryl methyl sites for hydroxylation is 1. The SMILES string of the molecule is Cc1ccc(S(=O)(=O)N(C)C)cc1CO. The summed E-state index contributed by atoms with van der Waals surface area (Å²) >= 11 is 0. The van der Waals surface area contributed by atoms with Crippen molar-refractivity contribution in [3.05, 3.63) is 29.3 Å². The molecule has 84 valence electrons. The maximum Gasteiger partial charge on any atom is 0.242 e. The van der Waals surface area contributed by atoms with Crippen LogP contribution in [-0.4, -0.2) is 31.9 Å². The monoisotopic (exact) mass is 229 g/mol. The first-order valence-corrected chi connectivity index (χ1v) is 5.96. The second-order valence-corrected chi connectivity index (χ2v) is 5.69. The first kappa shape index (κ1) is 12.2. The molecule has 0 heterocycles. The van der Waals surface area contributed by atoms with Gasteiger partial charge < -0.3 is 5.11 Å². The van der Waals surface area contributed by atoms with Crippen LogP contribution in [0.4, 0.5) is 0 Å². The van der Waals surface area contributed by atoms with E-state index in [0.29, 0.717) is 5.56 Å². The second kappa shape index (κ2) is 4.30. The van der Waals surface area contributed by atoms with Crippen molar-refractivity contribution in [3.63, 3.8) is 0 Å². The van der Waals surface area contributed by atoms with E-state index in [2.05, 4.69) is 0 Å². The van der Waals surface area contributed by atoms with Gasteiger partial charge in [0, 0.05) is 14.1 Å². The Balaban J connectivity index is 3.29. The minimum Gasteiger partial charge on any atom is -0.392 e. The van der Waals surface area contributed by atoms with Gasteiger partial charge in [0.05, 0.1) is 11.5 Å². The number of aliphatic hydroxyl groups excluding tert-OH is 1. The minimum absolute atomic E-state index is 0.150. The Morgan fingerprint density at radius 2 is 1.93 bits per heavy atom. The summed E-state index contributed by atoms with van der Waals surface area (Å²) in [4.78, 5) is 0.210. The van der Waals surface area contributed by atoms with Crippen LogP contribution in [0.15, 0.2) is 23.1 Å². The second-order valence-electron chi connectivity index (χ2n) is 3.53. The average molecular weight is 229 g/mol. The van der Waals surface area contributed by atoms with Gasteiger partial charge >= 0.3 is 0 Å². The highest BCUT2D eigenvalue weighted by atomic mass is 32.2. The van der Waals surface area contributed by atoms with Crippen LogP contribution < -0.4 is 0 Å². The largest absolute Gasteiger partial charge is 0.392 e. The van der Waals surface area contributed by atoms with E-state index >= 15 is 0 Å². The normalized spacial score (nSPS) is 12.1. The summed E-state index contributed by atoms with van der Waals surface area (Å²) in [5, 5.41) is 9.04. The summed E-state index contributed by atoms with van der Waals surface area (Å²) in [6.45, 7) is 1.68. The van der Waals surface area contributed by atoms with E-state index in [4.69, 9.17) is 5.11 Å². The van der Waals surface area contributed by atoms with Gasteiger partial charge in [-0.05, 0) is 30.2 Å². The standard InChI is InChI=1S/C10H15NO3S/c1-8-4-5-10(6-9(8)7-12)15(13,14)11(2)3/h4-6,12H,7H2,1-3H3. The van der Waals surface area contributed by atoms with Crippen molar-refractivity contribution in [2.75, 3.05) is 14.1 Å². The van der Waals surface area contributed by atoms with E-state index in [1.165, 1.54) is 20.2 Å². The molecule has 0 aromatic heterocycles. The number of hydrogen-bond donors (Lipinski definition) is 1. The smallest absolute Gasteiger partial charge is 0.242 e.